The van der Waals surface area contributed by atoms with Gasteiger partial charge in [0.2, 0.25) is 5.88 Å². The number of hydrogen-bond donors (Lipinski definition) is 3. The van der Waals surface area contributed by atoms with Gasteiger partial charge in [-0.3, -0.25) is 9.78 Å². The second-order valence-corrected chi connectivity index (χ2v) is 8.35. The van der Waals surface area contributed by atoms with Gasteiger partial charge in [-0.25, -0.2) is 9.36 Å². The predicted octanol–water partition coefficient (Wildman–Crippen LogP) is 2.66. The largest absolute Gasteiger partial charge is 0.493 e. The highest BCUT2D eigenvalue weighted by molar-refractivity contribution is 7.12. The number of benzene rings is 1. The molecule has 0 bridgehead atoms. The number of nitrogens with zero attached hydrogens (tertiary/aromatic N) is 2. The molecule has 0 amide bonds. The van der Waals surface area contributed by atoms with Crippen molar-refractivity contribution in [1.29, 1.82) is 0 Å². The van der Waals surface area contributed by atoms with Crippen molar-refractivity contribution < 1.29 is 5.11 Å². The number of aryl methyl sites for hydroxylation is 3. The molecule has 0 fully saturated rings. The summed E-state index contributed by atoms with van der Waals surface area (Å²) in [7, 11) is 0. The molecule has 7 nitrogen and oxygen atoms in total. The van der Waals surface area contributed by atoms with Gasteiger partial charge in [0, 0.05) is 16.2 Å². The van der Waals surface area contributed by atoms with Crippen molar-refractivity contribution in [3.8, 4) is 11.6 Å². The van der Waals surface area contributed by atoms with Crippen LogP contribution in [-0.2, 0) is 0 Å². The Bertz CT molecular complexity index is 1200. The molecule has 2 aromatic heterocycles. The lowest BCUT2D eigenvalue weighted by atomic mass is 10.1. The number of hydrogen-bond acceptors (Lipinski definition) is 6. The smallest absolute Gasteiger partial charge is 0.335 e. The van der Waals surface area contributed by atoms with Gasteiger partial charge < -0.3 is 10.5 Å². The fourth-order valence-electron chi connectivity index (χ4n) is 3.51. The molecule has 0 saturated heterocycles. The molecule has 1 aliphatic rings. The van der Waals surface area contributed by atoms with Crippen molar-refractivity contribution in [2.45, 2.75) is 33.2 Å². The van der Waals surface area contributed by atoms with Crippen molar-refractivity contribution in [2.75, 3.05) is 0 Å². The molecule has 3 aromatic rings. The van der Waals surface area contributed by atoms with Crippen LogP contribution in [0.4, 0.5) is 0 Å². The fraction of sp³-hybridized carbons (Fsp3) is 0.250. The summed E-state index contributed by atoms with van der Waals surface area (Å²) in [6.07, 6.45) is 0.446. The van der Waals surface area contributed by atoms with E-state index < -0.39 is 17.1 Å². The molecular formula is C20H20N4O3S. The Morgan fingerprint density at radius 1 is 1.14 bits per heavy atom. The van der Waals surface area contributed by atoms with E-state index in [4.69, 9.17) is 0 Å². The average molecular weight is 396 g/mol. The van der Waals surface area contributed by atoms with Crippen molar-refractivity contribution in [3.63, 3.8) is 0 Å². The fourth-order valence-corrected chi connectivity index (χ4v) is 4.43. The normalized spacial score (nSPS) is 16.1. The first kappa shape index (κ1) is 18.2. The topological polar surface area (TPSA) is 99.5 Å². The molecule has 3 heterocycles. The number of aromatic amines is 1. The first-order valence-electron chi connectivity index (χ1n) is 8.89. The molecule has 3 N–H and O–H groups in total. The van der Waals surface area contributed by atoms with Crippen LogP contribution in [-0.4, -0.2) is 20.4 Å². The molecule has 28 heavy (non-hydrogen) atoms. The third-order valence-electron chi connectivity index (χ3n) is 4.70. The number of nitrogens with one attached hydrogen (secondary N) is 2. The summed E-state index contributed by atoms with van der Waals surface area (Å²) in [5.41, 5.74) is 4.52. The van der Waals surface area contributed by atoms with E-state index in [0.29, 0.717) is 17.8 Å². The summed E-state index contributed by atoms with van der Waals surface area (Å²) in [6, 6.07) is 9.52. The van der Waals surface area contributed by atoms with Crippen LogP contribution in [0.5, 0.6) is 5.88 Å². The summed E-state index contributed by atoms with van der Waals surface area (Å²) < 4.78 is 1.11. The van der Waals surface area contributed by atoms with Gasteiger partial charge in [0.05, 0.1) is 17.4 Å². The van der Waals surface area contributed by atoms with Crippen LogP contribution in [0, 0.1) is 20.8 Å². The van der Waals surface area contributed by atoms with Crippen LogP contribution in [0.3, 0.4) is 0 Å². The van der Waals surface area contributed by atoms with Crippen LogP contribution < -0.4 is 16.7 Å². The first-order chi connectivity index (χ1) is 13.3. The minimum atomic E-state index is -0.687. The highest BCUT2D eigenvalue weighted by Crippen LogP contribution is 2.30. The Kier molecular flexibility index (Phi) is 4.43. The molecule has 0 unspecified atom stereocenters. The molecule has 0 spiro atoms. The SMILES string of the molecule is Cc1cc(C)cc(-n2c(O)c(C3=NN[C@H](c4ccc(C)s4)C3)c(=O)[nH]c2=O)c1. The average Bonchev–Trinajstić information content (AvgIpc) is 3.22. The number of aromatic nitrogens is 2. The Morgan fingerprint density at radius 2 is 1.86 bits per heavy atom. The van der Waals surface area contributed by atoms with E-state index in [0.717, 1.165) is 20.6 Å². The van der Waals surface area contributed by atoms with Gasteiger partial charge in [-0.05, 0) is 56.2 Å². The van der Waals surface area contributed by atoms with Gasteiger partial charge in [-0.15, -0.1) is 11.3 Å². The van der Waals surface area contributed by atoms with E-state index in [-0.39, 0.29) is 11.6 Å². The maximum atomic E-state index is 12.5. The van der Waals surface area contributed by atoms with Crippen LogP contribution in [0.2, 0.25) is 0 Å². The highest BCUT2D eigenvalue weighted by atomic mass is 32.1. The van der Waals surface area contributed by atoms with Gasteiger partial charge >= 0.3 is 5.69 Å². The quantitative estimate of drug-likeness (QED) is 0.634. The zero-order chi connectivity index (χ0) is 20.0. The Labute approximate surface area is 165 Å². The molecule has 0 aliphatic carbocycles. The predicted molar refractivity (Wildman–Crippen MR) is 110 cm³/mol. The maximum Gasteiger partial charge on any atom is 0.335 e. The van der Waals surface area contributed by atoms with Gasteiger partial charge in [0.1, 0.15) is 5.56 Å². The number of hydrazone groups is 1. The van der Waals surface area contributed by atoms with E-state index in [2.05, 4.69) is 15.5 Å². The van der Waals surface area contributed by atoms with Gasteiger partial charge in [0.15, 0.2) is 0 Å². The molecule has 144 valence electrons. The van der Waals surface area contributed by atoms with E-state index in [1.165, 1.54) is 4.88 Å². The van der Waals surface area contributed by atoms with E-state index in [1.807, 2.05) is 39.0 Å². The lowest BCUT2D eigenvalue weighted by Gasteiger charge is -2.13. The minimum Gasteiger partial charge on any atom is -0.493 e. The zero-order valence-corrected chi connectivity index (χ0v) is 16.6. The standard InChI is InChI=1S/C20H20N4O3S/c1-10-6-11(2)8-13(7-10)24-19(26)17(18(25)21-20(24)27)15-9-14(22-23-15)16-5-4-12(3)28-16/h4-8,14,22,26H,9H2,1-3H3,(H,21,25,27)/t14-/m0/s1. The maximum absolute atomic E-state index is 12.5. The zero-order valence-electron chi connectivity index (χ0n) is 15.7. The van der Waals surface area contributed by atoms with Gasteiger partial charge in [0.25, 0.3) is 5.56 Å². The van der Waals surface area contributed by atoms with Crippen LogP contribution in [0.15, 0.2) is 45.0 Å². The summed E-state index contributed by atoms with van der Waals surface area (Å²) in [5, 5.41) is 15.1. The number of aromatic hydroxyl groups is 1. The summed E-state index contributed by atoms with van der Waals surface area (Å²) in [5.74, 6) is -0.401. The molecule has 0 radical (unpaired) electrons. The van der Waals surface area contributed by atoms with Crippen LogP contribution >= 0.6 is 11.3 Å². The number of thiophene rings is 1. The molecule has 8 heteroatoms. The Morgan fingerprint density at radius 3 is 2.50 bits per heavy atom. The van der Waals surface area contributed by atoms with E-state index in [1.54, 1.807) is 23.5 Å². The van der Waals surface area contributed by atoms with Crippen LogP contribution in [0.25, 0.3) is 5.69 Å². The molecule has 4 rings (SSSR count). The summed E-state index contributed by atoms with van der Waals surface area (Å²) >= 11 is 1.66. The lowest BCUT2D eigenvalue weighted by molar-refractivity contribution is 0.429. The third-order valence-corrected chi connectivity index (χ3v) is 5.81. The second-order valence-electron chi connectivity index (χ2n) is 7.03. The highest BCUT2D eigenvalue weighted by Gasteiger charge is 2.28. The Hall–Kier alpha value is -3.13. The summed E-state index contributed by atoms with van der Waals surface area (Å²) in [4.78, 5) is 29.5. The molecule has 1 aliphatic heterocycles. The van der Waals surface area contributed by atoms with Gasteiger partial charge in [-0.2, -0.15) is 5.10 Å². The van der Waals surface area contributed by atoms with Crippen molar-refractivity contribution >= 4 is 17.0 Å². The van der Waals surface area contributed by atoms with E-state index in [9.17, 15) is 14.7 Å². The number of rotatable bonds is 3. The van der Waals surface area contributed by atoms with E-state index >= 15 is 0 Å². The monoisotopic (exact) mass is 396 g/mol. The molecular weight excluding hydrogens is 376 g/mol. The summed E-state index contributed by atoms with van der Waals surface area (Å²) in [6.45, 7) is 5.84. The number of H-pyrrole nitrogens is 1. The van der Waals surface area contributed by atoms with Crippen molar-refractivity contribution in [1.82, 2.24) is 15.0 Å². The van der Waals surface area contributed by atoms with Crippen molar-refractivity contribution in [3.05, 3.63) is 77.6 Å². The van der Waals surface area contributed by atoms with Crippen molar-refractivity contribution in [2.24, 2.45) is 5.10 Å². The molecule has 1 atom stereocenters. The lowest BCUT2D eigenvalue weighted by Crippen LogP contribution is -2.33. The molecule has 0 saturated carbocycles. The third kappa shape index (κ3) is 3.16. The van der Waals surface area contributed by atoms with Crippen LogP contribution in [0.1, 0.15) is 38.9 Å². The van der Waals surface area contributed by atoms with Gasteiger partial charge in [-0.1, -0.05) is 6.07 Å². The first-order valence-corrected chi connectivity index (χ1v) is 9.71. The molecule has 1 aromatic carbocycles. The Balaban J connectivity index is 1.79. The second kappa shape index (κ2) is 6.79. The minimum absolute atomic E-state index is 0.0158.